The highest BCUT2D eigenvalue weighted by Gasteiger charge is 2.18. The van der Waals surface area contributed by atoms with Gasteiger partial charge in [0.25, 0.3) is 5.56 Å². The Morgan fingerprint density at radius 1 is 1.10 bits per heavy atom. The lowest BCUT2D eigenvalue weighted by Crippen LogP contribution is -2.23. The Morgan fingerprint density at radius 3 is 2.52 bits per heavy atom. The van der Waals surface area contributed by atoms with Crippen LogP contribution in [-0.2, 0) is 11.2 Å². The lowest BCUT2D eigenvalue weighted by Gasteiger charge is -2.10. The van der Waals surface area contributed by atoms with Gasteiger partial charge in [-0.1, -0.05) is 55.2 Å². The maximum Gasteiger partial charge on any atom is 0.272 e. The molecule has 1 amide bonds. The number of hydrogen-bond donors (Lipinski definition) is 2. The topological polar surface area (TPSA) is 79.0 Å². The van der Waals surface area contributed by atoms with Crippen LogP contribution < -0.4 is 16.3 Å². The van der Waals surface area contributed by atoms with Gasteiger partial charge < -0.3 is 10.3 Å². The Labute approximate surface area is 177 Å². The van der Waals surface area contributed by atoms with Gasteiger partial charge in [-0.15, -0.1) is 0 Å². The lowest BCUT2D eigenvalue weighted by atomic mass is 10.0. The number of aromatic amines is 1. The molecule has 3 rings (SSSR count). The minimum absolute atomic E-state index is 0.00611. The minimum Gasteiger partial charge on any atom is -0.321 e. The highest BCUT2D eigenvalue weighted by atomic mass is 35.5. The molecule has 0 bridgehead atoms. The molecule has 150 valence electrons. The van der Waals surface area contributed by atoms with Crippen molar-refractivity contribution in [2.24, 2.45) is 0 Å². The number of hydrogen-bond acceptors (Lipinski definition) is 3. The van der Waals surface area contributed by atoms with Crippen LogP contribution in [0.1, 0.15) is 37.3 Å². The number of nitrogens with one attached hydrogen (secondary N) is 2. The van der Waals surface area contributed by atoms with Crippen LogP contribution in [0, 0.1) is 0 Å². The average molecular weight is 431 g/mol. The van der Waals surface area contributed by atoms with E-state index in [0.29, 0.717) is 27.4 Å². The van der Waals surface area contributed by atoms with Gasteiger partial charge in [-0.3, -0.25) is 14.4 Å². The number of benzene rings is 2. The number of amides is 1. The number of H-pyrrole nitrogens is 1. The number of anilines is 1. The van der Waals surface area contributed by atoms with Crippen molar-refractivity contribution in [2.45, 2.75) is 32.6 Å². The molecule has 1 heterocycles. The van der Waals surface area contributed by atoms with Gasteiger partial charge in [-0.05, 0) is 42.2 Å². The predicted octanol–water partition coefficient (Wildman–Crippen LogP) is 4.89. The third-order valence-electron chi connectivity index (χ3n) is 4.64. The third kappa shape index (κ3) is 4.69. The zero-order chi connectivity index (χ0) is 21.1. The van der Waals surface area contributed by atoms with Crippen molar-refractivity contribution in [3.63, 3.8) is 0 Å². The van der Waals surface area contributed by atoms with Crippen LogP contribution in [0.5, 0.6) is 0 Å². The van der Waals surface area contributed by atoms with Crippen molar-refractivity contribution in [2.75, 3.05) is 5.32 Å². The highest BCUT2D eigenvalue weighted by Crippen LogP contribution is 2.23. The fourth-order valence-corrected chi connectivity index (χ4v) is 3.71. The smallest absolute Gasteiger partial charge is 0.272 e. The van der Waals surface area contributed by atoms with Crippen molar-refractivity contribution < 1.29 is 4.79 Å². The van der Waals surface area contributed by atoms with Gasteiger partial charge in [0.2, 0.25) is 5.91 Å². The fourth-order valence-electron chi connectivity index (χ4n) is 3.21. The van der Waals surface area contributed by atoms with Gasteiger partial charge in [0.1, 0.15) is 5.69 Å². The first-order valence-electron chi connectivity index (χ1n) is 9.21. The van der Waals surface area contributed by atoms with E-state index in [9.17, 15) is 14.4 Å². The van der Waals surface area contributed by atoms with Gasteiger partial charge in [0.05, 0.1) is 5.52 Å². The van der Waals surface area contributed by atoms with Crippen LogP contribution in [0.25, 0.3) is 10.9 Å². The normalized spacial score (nSPS) is 11.1. The van der Waals surface area contributed by atoms with Gasteiger partial charge in [-0.2, -0.15) is 0 Å². The molecule has 0 radical (unpaired) electrons. The van der Waals surface area contributed by atoms with E-state index in [1.807, 2.05) is 13.8 Å². The average Bonchev–Trinajstić information content (AvgIpc) is 2.76. The van der Waals surface area contributed by atoms with Gasteiger partial charge in [0, 0.05) is 27.4 Å². The van der Waals surface area contributed by atoms with Gasteiger partial charge in [-0.25, -0.2) is 0 Å². The number of carbonyl (C=O) groups is 1. The van der Waals surface area contributed by atoms with Crippen LogP contribution in [0.2, 0.25) is 10.0 Å². The summed E-state index contributed by atoms with van der Waals surface area (Å²) in [5.41, 5.74) is 0.699. The largest absolute Gasteiger partial charge is 0.321 e. The van der Waals surface area contributed by atoms with Crippen molar-refractivity contribution in [3.05, 3.63) is 84.2 Å². The summed E-state index contributed by atoms with van der Waals surface area (Å²) in [6.07, 6.45) is 0.479. The molecule has 1 aromatic heterocycles. The number of fused-ring (bicyclic) bond motifs is 1. The fraction of sp³-hybridized carbons (Fsp3) is 0.227. The standard InChI is InChI=1S/C22H20Cl2N2O3/c1-12(2)19-20(22(29)25-17-6-4-3-5-15(17)21(19)28)26-18(27)10-8-13-7-9-14(23)11-16(13)24/h3-7,9,11-12H,8,10H2,1-2H3,(H,25,29)(H,26,27). The molecule has 29 heavy (non-hydrogen) atoms. The summed E-state index contributed by atoms with van der Waals surface area (Å²) in [6, 6.07) is 11.9. The summed E-state index contributed by atoms with van der Waals surface area (Å²) in [5.74, 6) is -0.626. The van der Waals surface area contributed by atoms with E-state index in [1.165, 1.54) is 0 Å². The van der Waals surface area contributed by atoms with Crippen LogP contribution in [0.15, 0.2) is 52.1 Å². The minimum atomic E-state index is -0.509. The Morgan fingerprint density at radius 2 is 1.83 bits per heavy atom. The quantitative estimate of drug-likeness (QED) is 0.604. The number of rotatable bonds is 5. The van der Waals surface area contributed by atoms with E-state index in [-0.39, 0.29) is 34.9 Å². The molecule has 0 aliphatic rings. The molecule has 2 N–H and O–H groups in total. The number of halogens is 2. The Hall–Kier alpha value is -2.63. The van der Waals surface area contributed by atoms with Crippen LogP contribution in [-0.4, -0.2) is 10.9 Å². The van der Waals surface area contributed by atoms with Crippen molar-refractivity contribution in [3.8, 4) is 0 Å². The summed E-state index contributed by atoms with van der Waals surface area (Å²) in [5, 5.41) is 4.04. The molecule has 0 spiro atoms. The van der Waals surface area contributed by atoms with Crippen LogP contribution in [0.3, 0.4) is 0 Å². The third-order valence-corrected chi connectivity index (χ3v) is 5.23. The Kier molecular flexibility index (Phi) is 6.40. The molecule has 3 aromatic rings. The molecule has 0 aliphatic carbocycles. The predicted molar refractivity (Wildman–Crippen MR) is 118 cm³/mol. The lowest BCUT2D eigenvalue weighted by molar-refractivity contribution is -0.116. The van der Waals surface area contributed by atoms with E-state index >= 15 is 0 Å². The first-order valence-corrected chi connectivity index (χ1v) is 9.96. The maximum atomic E-state index is 13.0. The molecular formula is C22H20Cl2N2O3. The molecule has 0 aliphatic heterocycles. The Balaban J connectivity index is 1.95. The first kappa shape index (κ1) is 21.1. The van der Waals surface area contributed by atoms with E-state index < -0.39 is 5.56 Å². The Bertz CT molecular complexity index is 1200. The summed E-state index contributed by atoms with van der Waals surface area (Å²) in [4.78, 5) is 41.1. The van der Waals surface area contributed by atoms with E-state index in [4.69, 9.17) is 23.2 Å². The van der Waals surface area contributed by atoms with Crippen LogP contribution in [0.4, 0.5) is 5.69 Å². The van der Waals surface area contributed by atoms with Gasteiger partial charge in [0.15, 0.2) is 5.43 Å². The SMILES string of the molecule is CC(C)c1c(NC(=O)CCc2ccc(Cl)cc2Cl)c(=O)[nH]c2ccccc2c1=O. The number of aryl methyl sites for hydroxylation is 1. The number of aromatic nitrogens is 1. The molecule has 0 saturated carbocycles. The maximum absolute atomic E-state index is 13.0. The summed E-state index contributed by atoms with van der Waals surface area (Å²) >= 11 is 12.0. The second-order valence-electron chi connectivity index (χ2n) is 7.06. The molecular weight excluding hydrogens is 411 g/mol. The molecule has 5 nitrogen and oxygen atoms in total. The van der Waals surface area contributed by atoms with Crippen molar-refractivity contribution in [1.29, 1.82) is 0 Å². The van der Waals surface area contributed by atoms with E-state index in [2.05, 4.69) is 10.3 Å². The molecule has 0 fully saturated rings. The van der Waals surface area contributed by atoms with E-state index in [0.717, 1.165) is 5.56 Å². The highest BCUT2D eigenvalue weighted by molar-refractivity contribution is 6.35. The number of para-hydroxylation sites is 1. The van der Waals surface area contributed by atoms with E-state index in [1.54, 1.807) is 42.5 Å². The van der Waals surface area contributed by atoms with Gasteiger partial charge >= 0.3 is 0 Å². The second kappa shape index (κ2) is 8.80. The zero-order valence-corrected chi connectivity index (χ0v) is 17.5. The zero-order valence-electron chi connectivity index (χ0n) is 16.0. The summed E-state index contributed by atoms with van der Waals surface area (Å²) in [6.45, 7) is 3.63. The number of carbonyl (C=O) groups excluding carboxylic acids is 1. The molecule has 0 saturated heterocycles. The molecule has 7 heteroatoms. The van der Waals surface area contributed by atoms with Crippen LogP contribution >= 0.6 is 23.2 Å². The summed E-state index contributed by atoms with van der Waals surface area (Å²) in [7, 11) is 0. The van der Waals surface area contributed by atoms with Crippen molar-refractivity contribution >= 4 is 45.7 Å². The molecule has 0 unspecified atom stereocenters. The monoisotopic (exact) mass is 430 g/mol. The second-order valence-corrected chi connectivity index (χ2v) is 7.90. The summed E-state index contributed by atoms with van der Waals surface area (Å²) < 4.78 is 0. The molecule has 0 atom stereocenters. The first-order chi connectivity index (χ1) is 13.8. The molecule has 2 aromatic carbocycles. The van der Waals surface area contributed by atoms with Crippen molar-refractivity contribution in [1.82, 2.24) is 4.98 Å².